The third kappa shape index (κ3) is 5.02. The Kier molecular flexibility index (Phi) is 7.46. The molecule has 4 aromatic carbocycles. The first-order valence-corrected chi connectivity index (χ1v) is 14.3. The van der Waals surface area contributed by atoms with Crippen molar-refractivity contribution in [2.45, 2.75) is 13.3 Å². The average Bonchev–Trinajstić information content (AvgIpc) is 3.53. The van der Waals surface area contributed by atoms with Gasteiger partial charge in [-0.1, -0.05) is 72.8 Å². The Balaban J connectivity index is 0.000000153. The van der Waals surface area contributed by atoms with Gasteiger partial charge in [-0.3, -0.25) is 10.8 Å². The zero-order chi connectivity index (χ0) is 29.9. The number of nitrogens with zero attached hydrogens (tertiary/aromatic N) is 2. The van der Waals surface area contributed by atoms with E-state index in [-0.39, 0.29) is 11.4 Å². The van der Waals surface area contributed by atoms with E-state index in [1.165, 1.54) is 32.9 Å². The second kappa shape index (κ2) is 11.7. The second-order valence-corrected chi connectivity index (χ2v) is 10.4. The Hall–Kier alpha value is -5.68. The van der Waals surface area contributed by atoms with Crippen LogP contribution in [0.25, 0.3) is 50.2 Å². The lowest BCUT2D eigenvalue weighted by Crippen LogP contribution is -2.12. The van der Waals surface area contributed by atoms with Gasteiger partial charge in [0.15, 0.2) is 0 Å². The van der Waals surface area contributed by atoms with Crippen molar-refractivity contribution in [2.75, 3.05) is 5.73 Å². The summed E-state index contributed by atoms with van der Waals surface area (Å²) in [5.41, 5.74) is 15.1. The third-order valence-electron chi connectivity index (χ3n) is 7.68. The van der Waals surface area contributed by atoms with Crippen molar-refractivity contribution in [2.24, 2.45) is 0 Å². The van der Waals surface area contributed by atoms with E-state index in [0.717, 1.165) is 34.5 Å². The fourth-order valence-corrected chi connectivity index (χ4v) is 5.80. The lowest BCUT2D eigenvalue weighted by atomic mass is 10.1. The summed E-state index contributed by atoms with van der Waals surface area (Å²) in [4.78, 5) is 0. The molecule has 0 atom stereocenters. The average molecular weight is 560 g/mol. The first-order chi connectivity index (χ1) is 21.0. The smallest absolute Gasteiger partial charge is 0.0810 e. The van der Waals surface area contributed by atoms with Gasteiger partial charge in [0.25, 0.3) is 0 Å². The lowest BCUT2D eigenvalue weighted by molar-refractivity contribution is 1.00. The van der Waals surface area contributed by atoms with Crippen molar-refractivity contribution in [3.05, 3.63) is 145 Å². The molecular formula is C38H33N5. The summed E-state index contributed by atoms with van der Waals surface area (Å²) in [5.74, 6) is 0. The van der Waals surface area contributed by atoms with Gasteiger partial charge >= 0.3 is 0 Å². The predicted molar refractivity (Wildman–Crippen MR) is 185 cm³/mol. The van der Waals surface area contributed by atoms with E-state index in [9.17, 15) is 0 Å². The summed E-state index contributed by atoms with van der Waals surface area (Å²) in [7, 11) is 0. The van der Waals surface area contributed by atoms with Gasteiger partial charge in [-0.2, -0.15) is 0 Å². The number of hydrogen-bond donors (Lipinski definition) is 3. The minimum atomic E-state index is 0.245. The number of benzene rings is 4. The normalized spacial score (nSPS) is 13.1. The molecule has 0 spiro atoms. The monoisotopic (exact) mass is 559 g/mol. The van der Waals surface area contributed by atoms with Gasteiger partial charge in [0, 0.05) is 50.9 Å². The summed E-state index contributed by atoms with van der Waals surface area (Å²) in [6.45, 7) is 5.97. The first kappa shape index (κ1) is 27.5. The number of rotatable bonds is 5. The molecule has 210 valence electrons. The molecule has 0 unspecified atom stereocenters. The van der Waals surface area contributed by atoms with E-state index in [0.29, 0.717) is 0 Å². The molecule has 0 saturated heterocycles. The quantitative estimate of drug-likeness (QED) is 0.110. The number of allylic oxidation sites excluding steroid dienone is 6. The highest BCUT2D eigenvalue weighted by Gasteiger charge is 2.16. The molecule has 5 heteroatoms. The molecule has 1 aliphatic rings. The van der Waals surface area contributed by atoms with E-state index in [1.54, 1.807) is 12.2 Å². The molecule has 0 fully saturated rings. The highest BCUT2D eigenvalue weighted by atomic mass is 15.0. The Morgan fingerprint density at radius 3 is 1.81 bits per heavy atom. The van der Waals surface area contributed by atoms with Gasteiger partial charge < -0.3 is 14.9 Å². The highest BCUT2D eigenvalue weighted by Crippen LogP contribution is 2.33. The number of nitrogens with one attached hydrogen (secondary N) is 2. The van der Waals surface area contributed by atoms with E-state index in [4.69, 9.17) is 16.6 Å². The number of nitrogen functional groups attached to an aromatic ring is 1. The van der Waals surface area contributed by atoms with Crippen LogP contribution in [0.2, 0.25) is 0 Å². The number of para-hydroxylation sites is 3. The van der Waals surface area contributed by atoms with Gasteiger partial charge in [-0.15, -0.1) is 6.58 Å². The third-order valence-corrected chi connectivity index (χ3v) is 7.68. The van der Waals surface area contributed by atoms with Crippen LogP contribution in [0.3, 0.4) is 0 Å². The highest BCUT2D eigenvalue weighted by molar-refractivity contribution is 6.50. The zero-order valence-corrected chi connectivity index (χ0v) is 24.1. The molecule has 5 nitrogen and oxygen atoms in total. The molecule has 0 radical (unpaired) electrons. The molecule has 6 aromatic rings. The number of fused-ring (bicyclic) bond motifs is 4. The van der Waals surface area contributed by atoms with Crippen molar-refractivity contribution >= 4 is 61.6 Å². The molecular weight excluding hydrogens is 526 g/mol. The van der Waals surface area contributed by atoms with Crippen LogP contribution in [-0.4, -0.2) is 20.6 Å². The van der Waals surface area contributed by atoms with Crippen LogP contribution in [-0.2, 0) is 6.42 Å². The van der Waals surface area contributed by atoms with Gasteiger partial charge in [0.05, 0.1) is 28.0 Å². The van der Waals surface area contributed by atoms with Crippen LogP contribution < -0.4 is 5.73 Å². The maximum Gasteiger partial charge on any atom is 0.0810 e. The Morgan fingerprint density at radius 2 is 1.26 bits per heavy atom. The Bertz CT molecular complexity index is 2060. The van der Waals surface area contributed by atoms with E-state index < -0.39 is 0 Å². The molecule has 2 heterocycles. The minimum Gasteiger partial charge on any atom is -0.399 e. The number of aromatic nitrogens is 2. The SMILES string of the molecule is C=CCc1c(/C=C\C)c2ccccc2n1-c1ccc(N)cc1.N=C1C=CC(n2c3ccccc3c3ccccc32)=CC1=N. The van der Waals surface area contributed by atoms with Crippen LogP contribution in [0.1, 0.15) is 18.2 Å². The number of nitrogens with two attached hydrogens (primary N) is 1. The molecule has 1 aliphatic carbocycles. The minimum absolute atomic E-state index is 0.245. The summed E-state index contributed by atoms with van der Waals surface area (Å²) >= 11 is 0. The molecule has 43 heavy (non-hydrogen) atoms. The van der Waals surface area contributed by atoms with Gasteiger partial charge in [-0.25, -0.2) is 0 Å². The Labute approximate surface area is 251 Å². The van der Waals surface area contributed by atoms with Crippen LogP contribution in [0, 0.1) is 10.8 Å². The van der Waals surface area contributed by atoms with Crippen molar-refractivity contribution in [1.29, 1.82) is 10.8 Å². The maximum atomic E-state index is 7.88. The fraction of sp³-hybridized carbons (Fsp3) is 0.0526. The summed E-state index contributed by atoms with van der Waals surface area (Å²) < 4.78 is 4.45. The van der Waals surface area contributed by atoms with Gasteiger partial charge in [0.2, 0.25) is 0 Å². The number of hydrogen-bond acceptors (Lipinski definition) is 3. The zero-order valence-electron chi connectivity index (χ0n) is 24.1. The molecule has 4 N–H and O–H groups in total. The van der Waals surface area contributed by atoms with Crippen LogP contribution in [0.15, 0.2) is 134 Å². The molecule has 0 aliphatic heterocycles. The van der Waals surface area contributed by atoms with E-state index in [1.807, 2.05) is 55.5 Å². The van der Waals surface area contributed by atoms with Gasteiger partial charge in [-0.05, 0) is 67.6 Å². The summed E-state index contributed by atoms with van der Waals surface area (Å²) in [5, 5.41) is 19.2. The van der Waals surface area contributed by atoms with Crippen molar-refractivity contribution in [1.82, 2.24) is 9.13 Å². The molecule has 2 aromatic heterocycles. The van der Waals surface area contributed by atoms with Crippen molar-refractivity contribution in [3.63, 3.8) is 0 Å². The van der Waals surface area contributed by atoms with E-state index >= 15 is 0 Å². The first-order valence-electron chi connectivity index (χ1n) is 14.3. The largest absolute Gasteiger partial charge is 0.399 e. The topological polar surface area (TPSA) is 83.6 Å². The summed E-state index contributed by atoms with van der Waals surface area (Å²) in [6, 6.07) is 33.1. The van der Waals surface area contributed by atoms with Crippen LogP contribution in [0.5, 0.6) is 0 Å². The van der Waals surface area contributed by atoms with Gasteiger partial charge in [0.1, 0.15) is 0 Å². The fourth-order valence-electron chi connectivity index (χ4n) is 5.80. The molecule has 7 rings (SSSR count). The predicted octanol–water partition coefficient (Wildman–Crippen LogP) is 9.22. The standard InChI is InChI=1S/C20H20N2.C18H13N3/c1-3-7-17-18-9-5-6-10-20(18)22(19(17)8-4-2)16-13-11-15(21)12-14-16;19-15-10-9-12(11-16(15)20)21-17-7-3-1-5-13(17)14-6-2-4-8-18(14)21/h3-7,9-14H,2,8,21H2,1H3;1-11,19-20H/b7-3-;. The van der Waals surface area contributed by atoms with Crippen LogP contribution in [0.4, 0.5) is 5.69 Å². The maximum absolute atomic E-state index is 7.88. The van der Waals surface area contributed by atoms with Crippen LogP contribution >= 0.6 is 0 Å². The van der Waals surface area contributed by atoms with Crippen molar-refractivity contribution < 1.29 is 0 Å². The Morgan fingerprint density at radius 1 is 0.698 bits per heavy atom. The van der Waals surface area contributed by atoms with E-state index in [2.05, 4.69) is 88.5 Å². The van der Waals surface area contributed by atoms with Crippen molar-refractivity contribution in [3.8, 4) is 5.69 Å². The molecule has 0 bridgehead atoms. The summed E-state index contributed by atoms with van der Waals surface area (Å²) in [6.07, 6.45) is 12.4. The molecule has 0 saturated carbocycles. The molecule has 0 amide bonds. The lowest BCUT2D eigenvalue weighted by Gasteiger charge is -2.12. The second-order valence-electron chi connectivity index (χ2n) is 10.4. The number of anilines is 1.